The van der Waals surface area contributed by atoms with E-state index in [0.29, 0.717) is 18.8 Å². The molecule has 3 saturated heterocycles. The SMILES string of the molecule is O=C(O)C(F)(F)F.O=C(O)C(F)(F)F.c1cc2c(cc1CN1CC[C@H]3[C@H](CO[C@@H]3CN3CCCC3)C1)OCO2. The fourth-order valence-electron chi connectivity index (χ4n) is 5.01. The fraction of sp³-hybridized carbons (Fsp3) is 0.667. The third-order valence-corrected chi connectivity index (χ3v) is 6.84. The standard InChI is InChI=1S/C20H28N2O3.2C2HF3O2/c1-2-7-21(6-1)12-20-17-5-8-22(11-16(17)13-23-20)10-15-3-4-18-19(9-15)25-14-24-18;2*3-2(4,5)1(6)7/h3-4,9,16-17,20H,1-2,5-8,10-14H2;2*(H,6,7)/t16-,17-,20+;;/m0../s1. The Kier molecular flexibility index (Phi) is 10.3. The van der Waals surface area contributed by atoms with Gasteiger partial charge in [0, 0.05) is 25.6 Å². The molecule has 0 radical (unpaired) electrons. The lowest BCUT2D eigenvalue weighted by molar-refractivity contribution is -0.193. The van der Waals surface area contributed by atoms with Gasteiger partial charge in [-0.2, -0.15) is 26.3 Å². The summed E-state index contributed by atoms with van der Waals surface area (Å²) in [5.41, 5.74) is 1.32. The molecule has 220 valence electrons. The number of hydrogen-bond donors (Lipinski definition) is 2. The summed E-state index contributed by atoms with van der Waals surface area (Å²) in [4.78, 5) is 23.0. The third-order valence-electron chi connectivity index (χ3n) is 6.84. The minimum absolute atomic E-state index is 0.349. The summed E-state index contributed by atoms with van der Waals surface area (Å²) in [6, 6.07) is 6.34. The van der Waals surface area contributed by atoms with Crippen LogP contribution in [0.3, 0.4) is 0 Å². The minimum atomic E-state index is -5.08. The Hall–Kier alpha value is -2.78. The molecule has 4 aliphatic rings. The Morgan fingerprint density at radius 2 is 1.49 bits per heavy atom. The molecule has 4 heterocycles. The van der Waals surface area contributed by atoms with Crippen LogP contribution < -0.4 is 9.47 Å². The van der Waals surface area contributed by atoms with Crippen molar-refractivity contribution in [3.63, 3.8) is 0 Å². The summed E-state index contributed by atoms with van der Waals surface area (Å²) in [6.07, 6.45) is -5.70. The second-order valence-corrected chi connectivity index (χ2v) is 9.62. The molecule has 0 amide bonds. The molecule has 0 saturated carbocycles. The second kappa shape index (κ2) is 13.0. The van der Waals surface area contributed by atoms with Crippen LogP contribution in [0.25, 0.3) is 0 Å². The molecule has 1 aromatic rings. The first-order valence-electron chi connectivity index (χ1n) is 12.3. The van der Waals surface area contributed by atoms with Crippen molar-refractivity contribution in [2.75, 3.05) is 46.1 Å². The van der Waals surface area contributed by atoms with Gasteiger partial charge in [0.05, 0.1) is 12.7 Å². The van der Waals surface area contributed by atoms with Gasteiger partial charge in [0.1, 0.15) is 0 Å². The first kappa shape index (κ1) is 30.8. The summed E-state index contributed by atoms with van der Waals surface area (Å²) in [7, 11) is 0. The van der Waals surface area contributed by atoms with Crippen molar-refractivity contribution >= 4 is 11.9 Å². The van der Waals surface area contributed by atoms with Gasteiger partial charge in [-0.3, -0.25) is 4.90 Å². The number of likely N-dealkylation sites (tertiary alicyclic amines) is 2. The normalized spacial score (nSPS) is 24.7. The largest absolute Gasteiger partial charge is 0.490 e. The van der Waals surface area contributed by atoms with Crippen molar-refractivity contribution in [1.82, 2.24) is 9.80 Å². The summed E-state index contributed by atoms with van der Waals surface area (Å²) in [5, 5.41) is 14.2. The van der Waals surface area contributed by atoms with E-state index in [-0.39, 0.29) is 0 Å². The molecule has 39 heavy (non-hydrogen) atoms. The number of nitrogens with zero attached hydrogens (tertiary/aromatic N) is 2. The predicted molar refractivity (Wildman–Crippen MR) is 122 cm³/mol. The van der Waals surface area contributed by atoms with Crippen LogP contribution in [0.2, 0.25) is 0 Å². The number of ether oxygens (including phenoxy) is 3. The van der Waals surface area contributed by atoms with Crippen LogP contribution in [0.15, 0.2) is 18.2 Å². The van der Waals surface area contributed by atoms with Crippen LogP contribution in [-0.4, -0.2) is 96.5 Å². The van der Waals surface area contributed by atoms with Gasteiger partial charge in [0.25, 0.3) is 0 Å². The van der Waals surface area contributed by atoms with E-state index in [1.807, 2.05) is 6.07 Å². The van der Waals surface area contributed by atoms with Crippen molar-refractivity contribution in [3.05, 3.63) is 23.8 Å². The molecule has 3 fully saturated rings. The Bertz CT molecular complexity index is 961. The van der Waals surface area contributed by atoms with Crippen molar-refractivity contribution in [3.8, 4) is 11.5 Å². The lowest BCUT2D eigenvalue weighted by Gasteiger charge is -2.36. The van der Waals surface area contributed by atoms with Crippen LogP contribution in [-0.2, 0) is 20.9 Å². The average Bonchev–Trinajstić information content (AvgIpc) is 3.60. The molecule has 15 heteroatoms. The topological polar surface area (TPSA) is 109 Å². The van der Waals surface area contributed by atoms with Gasteiger partial charge in [0.2, 0.25) is 6.79 Å². The zero-order chi connectivity index (χ0) is 28.8. The highest BCUT2D eigenvalue weighted by Gasteiger charge is 2.41. The van der Waals surface area contributed by atoms with E-state index in [1.165, 1.54) is 44.5 Å². The molecule has 0 aliphatic carbocycles. The zero-order valence-electron chi connectivity index (χ0n) is 20.8. The van der Waals surface area contributed by atoms with Crippen molar-refractivity contribution in [2.45, 2.75) is 44.3 Å². The van der Waals surface area contributed by atoms with E-state index in [9.17, 15) is 26.3 Å². The summed E-state index contributed by atoms with van der Waals surface area (Å²) >= 11 is 0. The van der Waals surface area contributed by atoms with Crippen molar-refractivity contribution in [2.24, 2.45) is 11.8 Å². The fourth-order valence-corrected chi connectivity index (χ4v) is 5.01. The van der Waals surface area contributed by atoms with Gasteiger partial charge >= 0.3 is 24.3 Å². The van der Waals surface area contributed by atoms with Crippen molar-refractivity contribution in [1.29, 1.82) is 0 Å². The molecule has 5 rings (SSSR count). The average molecular weight is 572 g/mol. The third kappa shape index (κ3) is 9.14. The van der Waals surface area contributed by atoms with E-state index in [2.05, 4.69) is 21.9 Å². The zero-order valence-corrected chi connectivity index (χ0v) is 20.8. The molecular weight excluding hydrogens is 542 g/mol. The molecular formula is C24H30F6N2O7. The molecule has 9 nitrogen and oxygen atoms in total. The highest BCUT2D eigenvalue weighted by atomic mass is 19.4. The van der Waals surface area contributed by atoms with Gasteiger partial charge in [-0.15, -0.1) is 0 Å². The number of hydrogen-bond acceptors (Lipinski definition) is 7. The maximum absolute atomic E-state index is 10.6. The summed E-state index contributed by atoms with van der Waals surface area (Å²) < 4.78 is 80.6. The Morgan fingerprint density at radius 3 is 2.08 bits per heavy atom. The van der Waals surface area contributed by atoms with Gasteiger partial charge in [0.15, 0.2) is 11.5 Å². The van der Waals surface area contributed by atoms with Crippen LogP contribution in [0.5, 0.6) is 11.5 Å². The Morgan fingerprint density at radius 1 is 0.897 bits per heavy atom. The quantitative estimate of drug-likeness (QED) is 0.523. The number of rotatable bonds is 4. The van der Waals surface area contributed by atoms with Gasteiger partial charge in [-0.05, 0) is 62.5 Å². The molecule has 4 aliphatic heterocycles. The maximum atomic E-state index is 10.6. The van der Waals surface area contributed by atoms with Crippen LogP contribution >= 0.6 is 0 Å². The van der Waals surface area contributed by atoms with E-state index in [0.717, 1.165) is 43.7 Å². The molecule has 0 unspecified atom stereocenters. The van der Waals surface area contributed by atoms with Crippen molar-refractivity contribution < 1.29 is 60.4 Å². The molecule has 0 bridgehead atoms. The number of aliphatic carboxylic acids is 2. The first-order valence-corrected chi connectivity index (χ1v) is 12.3. The number of fused-ring (bicyclic) bond motifs is 2. The molecule has 3 atom stereocenters. The number of alkyl halides is 6. The minimum Gasteiger partial charge on any atom is -0.475 e. The number of benzene rings is 1. The smallest absolute Gasteiger partial charge is 0.475 e. The van der Waals surface area contributed by atoms with Gasteiger partial charge < -0.3 is 29.3 Å². The highest BCUT2D eigenvalue weighted by Crippen LogP contribution is 2.37. The lowest BCUT2D eigenvalue weighted by Crippen LogP contribution is -2.43. The monoisotopic (exact) mass is 572 g/mol. The maximum Gasteiger partial charge on any atom is 0.490 e. The molecule has 0 aromatic heterocycles. The van der Waals surface area contributed by atoms with Crippen LogP contribution in [0.1, 0.15) is 24.8 Å². The van der Waals surface area contributed by atoms with Crippen LogP contribution in [0.4, 0.5) is 26.3 Å². The Balaban J connectivity index is 0.000000251. The number of piperidine rings is 1. The van der Waals surface area contributed by atoms with E-state index in [1.54, 1.807) is 0 Å². The Labute approximate surface area is 220 Å². The molecule has 1 aromatic carbocycles. The van der Waals surface area contributed by atoms with E-state index < -0.39 is 24.3 Å². The number of carboxylic acids is 2. The molecule has 2 N–H and O–H groups in total. The highest BCUT2D eigenvalue weighted by molar-refractivity contribution is 5.73. The van der Waals surface area contributed by atoms with E-state index in [4.69, 9.17) is 34.0 Å². The first-order chi connectivity index (χ1) is 18.2. The van der Waals surface area contributed by atoms with E-state index >= 15 is 0 Å². The summed E-state index contributed by atoms with van der Waals surface area (Å²) in [5.74, 6) is -2.29. The van der Waals surface area contributed by atoms with Gasteiger partial charge in [-0.25, -0.2) is 9.59 Å². The lowest BCUT2D eigenvalue weighted by atomic mass is 9.84. The number of carboxylic acid groups (broad SMARTS) is 2. The second-order valence-electron chi connectivity index (χ2n) is 9.62. The summed E-state index contributed by atoms with van der Waals surface area (Å²) in [6.45, 7) is 8.33. The predicted octanol–water partition coefficient (Wildman–Crippen LogP) is 3.61. The van der Waals surface area contributed by atoms with Gasteiger partial charge in [-0.1, -0.05) is 6.07 Å². The number of halogens is 6. The molecule has 0 spiro atoms. The number of carbonyl (C=O) groups is 2. The van der Waals surface area contributed by atoms with Crippen LogP contribution in [0, 0.1) is 11.8 Å².